The van der Waals surface area contributed by atoms with Gasteiger partial charge >= 0.3 is 21.7 Å². The third kappa shape index (κ3) is 52.3. The van der Waals surface area contributed by atoms with Gasteiger partial charge in [0.05, 0.1) is 27.2 Å². The molecule has 0 atom stereocenters. The van der Waals surface area contributed by atoms with Gasteiger partial charge in [-0.1, -0.05) is 194 Å². The summed E-state index contributed by atoms with van der Waals surface area (Å²) in [5.74, 6) is 0. The third-order valence-corrected chi connectivity index (χ3v) is 10.4. The van der Waals surface area contributed by atoms with E-state index in [9.17, 15) is 0 Å². The van der Waals surface area contributed by atoms with Crippen LogP contribution < -0.4 is 24.8 Å². The Kier molecular flexibility index (Phi) is 58.0. The fraction of sp³-hybridized carbons (Fsp3) is 0.833. The van der Waals surface area contributed by atoms with Crippen LogP contribution in [0.4, 0.5) is 0 Å². The second-order valence-corrected chi connectivity index (χ2v) is 16.0. The molecule has 0 aromatic rings. The van der Waals surface area contributed by atoms with Crippen molar-refractivity contribution in [2.45, 2.75) is 232 Å². The van der Waals surface area contributed by atoms with Crippen LogP contribution >= 0.6 is 0 Å². The van der Waals surface area contributed by atoms with Gasteiger partial charge in [0.2, 0.25) is 0 Å². The molecule has 0 unspecified atom stereocenters. The topological polar surface area (TPSA) is 0 Å². The van der Waals surface area contributed by atoms with Crippen molar-refractivity contribution in [3.63, 3.8) is 0 Å². The first-order valence-electron chi connectivity index (χ1n) is 22.4. The van der Waals surface area contributed by atoms with Crippen molar-refractivity contribution < 1.29 is 51.0 Å². The van der Waals surface area contributed by atoms with E-state index in [1.807, 2.05) is 24.3 Å². The van der Waals surface area contributed by atoms with Crippen LogP contribution in [-0.2, 0) is 21.7 Å². The molecule has 1 nitrogen and oxygen atoms in total. The molecule has 0 aromatic carbocycles. The summed E-state index contributed by atoms with van der Waals surface area (Å²) in [7, 11) is 4.94. The summed E-state index contributed by atoms with van der Waals surface area (Å²) < 4.78 is 1.25. The van der Waals surface area contributed by atoms with Gasteiger partial charge in [-0.05, 0) is 25.7 Å². The molecule has 0 aromatic heterocycles. The van der Waals surface area contributed by atoms with Crippen molar-refractivity contribution >= 4 is 0 Å². The standard InChI is InChI=1S/C38H80N.2C5H5.2ClH.Ti/c1-5-7-9-11-13-15-17-19-21-23-25-27-29-31-33-35-37-39(3,4)38-36-34-32-30-28-26-24-22-20-18-16-14-12-10-8-6-2;2*1-2-4-5-3-1;;;/h5-38H2,1-4H3;2*1-3H,4H2;2*1H;/q+1;2*-1;;;+3/p-2. The number of nitrogens with zero attached hydrogens (tertiary/aromatic N) is 1. The summed E-state index contributed by atoms with van der Waals surface area (Å²) in [6, 6.07) is 0. The van der Waals surface area contributed by atoms with E-state index in [-0.39, 0.29) is 46.5 Å². The molecule has 0 heterocycles. The maximum Gasteiger partial charge on any atom is 3.00 e. The van der Waals surface area contributed by atoms with E-state index in [0.29, 0.717) is 0 Å². The Hall–Kier alpha value is 0.214. The maximum atomic E-state index is 2.99. The van der Waals surface area contributed by atoms with E-state index in [4.69, 9.17) is 0 Å². The van der Waals surface area contributed by atoms with Gasteiger partial charge in [0.15, 0.2) is 0 Å². The Morgan fingerprint density at radius 3 is 0.731 bits per heavy atom. The van der Waals surface area contributed by atoms with E-state index >= 15 is 0 Å². The van der Waals surface area contributed by atoms with Crippen molar-refractivity contribution in [3.8, 4) is 0 Å². The molecule has 0 amide bonds. The van der Waals surface area contributed by atoms with Crippen molar-refractivity contribution in [3.05, 3.63) is 48.6 Å². The van der Waals surface area contributed by atoms with Crippen LogP contribution in [0.2, 0.25) is 0 Å². The van der Waals surface area contributed by atoms with Crippen LogP contribution in [0.15, 0.2) is 36.5 Å². The minimum absolute atomic E-state index is 0. The Balaban J connectivity index is -0.000000753. The van der Waals surface area contributed by atoms with Crippen LogP contribution in [0, 0.1) is 12.2 Å². The number of halogens is 2. The van der Waals surface area contributed by atoms with Crippen LogP contribution in [0.1, 0.15) is 232 Å². The van der Waals surface area contributed by atoms with E-state index in [1.165, 1.54) is 223 Å². The van der Waals surface area contributed by atoms with Crippen LogP contribution in [0.25, 0.3) is 0 Å². The minimum Gasteiger partial charge on any atom is -1.00 e. The SMILES string of the molecule is CCCCCCCCCCCCCCCCCC[N+](C)(C)CCCCCCCCCCCCCCCCCC.[C-]1=CC=CC1.[C-]1=CC=CC1.[Cl-].[Cl-].[Ti+3]. The van der Waals surface area contributed by atoms with Gasteiger partial charge in [-0.3, -0.25) is 12.2 Å². The number of hydrogen-bond acceptors (Lipinski definition) is 0. The Morgan fingerprint density at radius 2 is 0.577 bits per heavy atom. The van der Waals surface area contributed by atoms with Crippen molar-refractivity contribution in [1.29, 1.82) is 0 Å². The van der Waals surface area contributed by atoms with Crippen molar-refractivity contribution in [2.75, 3.05) is 27.2 Å². The quantitative estimate of drug-likeness (QED) is 0.0263. The molecule has 0 N–H and O–H groups in total. The zero-order valence-electron chi connectivity index (χ0n) is 35.6. The summed E-state index contributed by atoms with van der Waals surface area (Å²) in [6.45, 7) is 7.39. The predicted molar refractivity (Wildman–Crippen MR) is 224 cm³/mol. The summed E-state index contributed by atoms with van der Waals surface area (Å²) >= 11 is 0. The van der Waals surface area contributed by atoms with Crippen molar-refractivity contribution in [2.24, 2.45) is 0 Å². The summed E-state index contributed by atoms with van der Waals surface area (Å²) in [4.78, 5) is 0. The van der Waals surface area contributed by atoms with Crippen LogP contribution in [0.5, 0.6) is 0 Å². The molecule has 52 heavy (non-hydrogen) atoms. The molecule has 305 valence electrons. The third-order valence-electron chi connectivity index (χ3n) is 10.4. The number of hydrogen-bond donors (Lipinski definition) is 0. The van der Waals surface area contributed by atoms with Gasteiger partial charge in [0.1, 0.15) is 0 Å². The van der Waals surface area contributed by atoms with E-state index in [1.54, 1.807) is 0 Å². The monoisotopic (exact) mass is 799 g/mol. The molecule has 4 heteroatoms. The van der Waals surface area contributed by atoms with Gasteiger partial charge in [0, 0.05) is 0 Å². The molecular weight excluding hydrogens is 709 g/mol. The second-order valence-electron chi connectivity index (χ2n) is 16.0. The smallest absolute Gasteiger partial charge is 1.00 e. The van der Waals surface area contributed by atoms with Crippen LogP contribution in [0.3, 0.4) is 0 Å². The van der Waals surface area contributed by atoms with E-state index < -0.39 is 0 Å². The van der Waals surface area contributed by atoms with Crippen molar-refractivity contribution in [1.82, 2.24) is 0 Å². The van der Waals surface area contributed by atoms with Gasteiger partial charge in [0.25, 0.3) is 0 Å². The van der Waals surface area contributed by atoms with Crippen LogP contribution in [-0.4, -0.2) is 31.7 Å². The average Bonchev–Trinajstić information content (AvgIpc) is 3.89. The van der Waals surface area contributed by atoms with E-state index in [2.05, 4.69) is 52.2 Å². The molecule has 0 saturated carbocycles. The fourth-order valence-corrected chi connectivity index (χ4v) is 6.97. The summed E-state index contributed by atoms with van der Waals surface area (Å²) in [6.07, 6.45) is 66.9. The Bertz CT molecular complexity index is 665. The molecule has 0 bridgehead atoms. The zero-order valence-corrected chi connectivity index (χ0v) is 38.7. The average molecular weight is 800 g/mol. The number of rotatable bonds is 34. The Morgan fingerprint density at radius 1 is 0.365 bits per heavy atom. The molecule has 0 saturated heterocycles. The number of quaternary nitrogens is 1. The molecule has 1 radical (unpaired) electrons. The molecule has 2 rings (SSSR count). The first kappa shape index (κ1) is 58.9. The largest absolute Gasteiger partial charge is 3.00 e. The molecule has 0 fully saturated rings. The number of allylic oxidation sites excluding steroid dienone is 8. The molecule has 0 spiro atoms. The predicted octanol–water partition coefficient (Wildman–Crippen LogP) is 10.2. The number of unbranched alkanes of at least 4 members (excludes halogenated alkanes) is 30. The Labute approximate surface area is 356 Å². The maximum absolute atomic E-state index is 2.99. The summed E-state index contributed by atoms with van der Waals surface area (Å²) in [5.41, 5.74) is 0. The molecular formula is C48H90Cl2NTi. The molecule has 0 aliphatic heterocycles. The first-order valence-corrected chi connectivity index (χ1v) is 22.4. The zero-order chi connectivity index (χ0) is 35.6. The van der Waals surface area contributed by atoms with E-state index in [0.717, 1.165) is 12.8 Å². The molecule has 2 aliphatic carbocycles. The normalized spacial score (nSPS) is 12.4. The first-order chi connectivity index (χ1) is 24.1. The minimum atomic E-state index is 0. The van der Waals surface area contributed by atoms with Gasteiger partial charge in [-0.2, -0.15) is 12.2 Å². The molecule has 2 aliphatic rings. The van der Waals surface area contributed by atoms with Gasteiger partial charge in [-0.15, -0.1) is 12.8 Å². The van der Waals surface area contributed by atoms with Gasteiger partial charge < -0.3 is 29.3 Å². The second kappa shape index (κ2) is 51.2. The fourth-order valence-electron chi connectivity index (χ4n) is 6.97. The van der Waals surface area contributed by atoms with Gasteiger partial charge in [-0.25, -0.2) is 24.3 Å². The summed E-state index contributed by atoms with van der Waals surface area (Å²) in [5, 5.41) is 0.